The molecule has 1 aliphatic rings. The van der Waals surface area contributed by atoms with Crippen LogP contribution < -0.4 is 9.47 Å². The topological polar surface area (TPSA) is 42.2 Å². The van der Waals surface area contributed by atoms with Crippen molar-refractivity contribution in [2.24, 2.45) is 0 Å². The first-order valence-corrected chi connectivity index (χ1v) is 5.66. The minimum absolute atomic E-state index is 0.0150. The molecular formula is C11H9BrFNO2. The summed E-state index contributed by atoms with van der Waals surface area (Å²) in [6, 6.07) is 3.45. The van der Waals surface area contributed by atoms with Gasteiger partial charge in [-0.1, -0.05) is 0 Å². The molecule has 84 valence electrons. The highest BCUT2D eigenvalue weighted by molar-refractivity contribution is 9.10. The molecule has 0 fully saturated rings. The second kappa shape index (κ2) is 4.71. The molecule has 0 aromatic heterocycles. The van der Waals surface area contributed by atoms with E-state index in [4.69, 9.17) is 14.7 Å². The van der Waals surface area contributed by atoms with Crippen molar-refractivity contribution < 1.29 is 13.9 Å². The smallest absolute Gasteiger partial charge is 0.178 e. The van der Waals surface area contributed by atoms with Crippen LogP contribution in [0.5, 0.6) is 11.5 Å². The second-order valence-electron chi connectivity index (χ2n) is 3.38. The Bertz CT molecular complexity index is 456. The van der Waals surface area contributed by atoms with Gasteiger partial charge in [0.2, 0.25) is 0 Å². The molecule has 3 nitrogen and oxygen atoms in total. The highest BCUT2D eigenvalue weighted by Gasteiger charge is 2.20. The first-order valence-electron chi connectivity index (χ1n) is 4.87. The minimum atomic E-state index is -0.453. The molecule has 16 heavy (non-hydrogen) atoms. The van der Waals surface area contributed by atoms with Gasteiger partial charge in [-0.25, -0.2) is 4.39 Å². The first-order chi connectivity index (χ1) is 7.74. The highest BCUT2D eigenvalue weighted by Crippen LogP contribution is 2.40. The number of ether oxygens (including phenoxy) is 2. The zero-order chi connectivity index (χ0) is 11.5. The third-order valence-corrected chi connectivity index (χ3v) is 2.97. The quantitative estimate of drug-likeness (QED) is 0.797. The lowest BCUT2D eigenvalue weighted by Crippen LogP contribution is -1.98. The van der Waals surface area contributed by atoms with Gasteiger partial charge in [-0.2, -0.15) is 5.26 Å². The predicted octanol–water partition coefficient (Wildman–Crippen LogP) is 2.82. The van der Waals surface area contributed by atoms with Gasteiger partial charge in [0.25, 0.3) is 0 Å². The van der Waals surface area contributed by atoms with Crippen LogP contribution >= 0.6 is 15.9 Å². The molecule has 2 rings (SSSR count). The van der Waals surface area contributed by atoms with E-state index in [1.165, 1.54) is 6.07 Å². The summed E-state index contributed by atoms with van der Waals surface area (Å²) in [4.78, 5) is 0. The Balaban J connectivity index is 2.51. The third-order valence-electron chi connectivity index (χ3n) is 2.27. The molecule has 1 aliphatic heterocycles. The Hall–Kier alpha value is -1.28. The summed E-state index contributed by atoms with van der Waals surface area (Å²) in [7, 11) is 0. The average molecular weight is 286 g/mol. The fourth-order valence-electron chi connectivity index (χ4n) is 1.51. The van der Waals surface area contributed by atoms with Crippen LogP contribution in [0.1, 0.15) is 12.0 Å². The largest absolute Gasteiger partial charge is 0.490 e. The van der Waals surface area contributed by atoms with E-state index in [2.05, 4.69) is 15.9 Å². The van der Waals surface area contributed by atoms with Crippen molar-refractivity contribution in [1.29, 1.82) is 5.26 Å². The zero-order valence-corrected chi connectivity index (χ0v) is 10.0. The second-order valence-corrected chi connectivity index (χ2v) is 4.17. The maximum Gasteiger partial charge on any atom is 0.178 e. The van der Waals surface area contributed by atoms with Gasteiger partial charge in [-0.3, -0.25) is 0 Å². The van der Waals surface area contributed by atoms with Crippen molar-refractivity contribution >= 4 is 15.9 Å². The molecule has 1 aromatic rings. The van der Waals surface area contributed by atoms with Gasteiger partial charge in [0.05, 0.1) is 30.2 Å². The normalized spacial score (nSPS) is 14.1. The Morgan fingerprint density at radius 2 is 2.19 bits per heavy atom. The van der Waals surface area contributed by atoms with Crippen LogP contribution in [0.15, 0.2) is 10.5 Å². The van der Waals surface area contributed by atoms with Crippen molar-refractivity contribution in [2.75, 3.05) is 13.2 Å². The molecule has 0 saturated carbocycles. The van der Waals surface area contributed by atoms with Gasteiger partial charge in [0.15, 0.2) is 11.5 Å². The molecule has 1 aromatic carbocycles. The number of hydrogen-bond donors (Lipinski definition) is 0. The van der Waals surface area contributed by atoms with E-state index in [9.17, 15) is 4.39 Å². The van der Waals surface area contributed by atoms with Gasteiger partial charge in [0, 0.05) is 12.0 Å². The van der Waals surface area contributed by atoms with Crippen LogP contribution in [0.25, 0.3) is 0 Å². The number of nitriles is 1. The summed E-state index contributed by atoms with van der Waals surface area (Å²) in [6.45, 7) is 1.04. The lowest BCUT2D eigenvalue weighted by Gasteiger charge is -2.11. The number of fused-ring (bicyclic) bond motifs is 1. The van der Waals surface area contributed by atoms with Crippen molar-refractivity contribution in [1.82, 2.24) is 0 Å². The maximum absolute atomic E-state index is 13.8. The minimum Gasteiger partial charge on any atom is -0.490 e. The van der Waals surface area contributed by atoms with Gasteiger partial charge >= 0.3 is 0 Å². The molecule has 0 atom stereocenters. The number of hydrogen-bond acceptors (Lipinski definition) is 3. The number of nitrogens with zero attached hydrogens (tertiary/aromatic N) is 1. The lowest BCUT2D eigenvalue weighted by atomic mass is 10.1. The monoisotopic (exact) mass is 285 g/mol. The standard InChI is InChI=1S/C11H9BrFNO2/c12-9-10(13)7(2-3-14)6-8-11(9)16-5-1-4-15-8/h6H,1-2,4-5H2. The molecule has 0 aliphatic carbocycles. The molecular weight excluding hydrogens is 277 g/mol. The number of rotatable bonds is 1. The van der Waals surface area contributed by atoms with Crippen LogP contribution in [-0.4, -0.2) is 13.2 Å². The molecule has 5 heteroatoms. The van der Waals surface area contributed by atoms with Crippen molar-refractivity contribution in [3.63, 3.8) is 0 Å². The van der Waals surface area contributed by atoms with E-state index in [0.717, 1.165) is 6.42 Å². The molecule has 1 heterocycles. The number of benzene rings is 1. The Kier molecular flexibility index (Phi) is 3.30. The summed E-state index contributed by atoms with van der Waals surface area (Å²) < 4.78 is 24.8. The van der Waals surface area contributed by atoms with Crippen molar-refractivity contribution in [2.45, 2.75) is 12.8 Å². The Labute approximate surface area is 101 Å². The molecule has 0 unspecified atom stereocenters. The van der Waals surface area contributed by atoms with Crippen LogP contribution in [0.4, 0.5) is 4.39 Å². The molecule has 0 bridgehead atoms. The summed E-state index contributed by atoms with van der Waals surface area (Å²) in [5.41, 5.74) is 0.318. The summed E-state index contributed by atoms with van der Waals surface area (Å²) in [5.74, 6) is 0.429. The van der Waals surface area contributed by atoms with Gasteiger partial charge in [-0.05, 0) is 22.0 Å². The van der Waals surface area contributed by atoms with Gasteiger partial charge in [-0.15, -0.1) is 0 Å². The van der Waals surface area contributed by atoms with E-state index in [0.29, 0.717) is 30.3 Å². The first kappa shape index (κ1) is 11.2. The lowest BCUT2D eigenvalue weighted by molar-refractivity contribution is 0.296. The van der Waals surface area contributed by atoms with Crippen LogP contribution in [0.2, 0.25) is 0 Å². The summed E-state index contributed by atoms with van der Waals surface area (Å²) >= 11 is 3.13. The zero-order valence-electron chi connectivity index (χ0n) is 8.43. The van der Waals surface area contributed by atoms with Crippen LogP contribution in [0, 0.1) is 17.1 Å². The summed E-state index contributed by atoms with van der Waals surface area (Å²) in [6.07, 6.45) is 0.775. The van der Waals surface area contributed by atoms with Gasteiger partial charge < -0.3 is 9.47 Å². The Morgan fingerprint density at radius 3 is 2.94 bits per heavy atom. The summed E-state index contributed by atoms with van der Waals surface area (Å²) in [5, 5.41) is 8.59. The maximum atomic E-state index is 13.8. The molecule has 0 spiro atoms. The van der Waals surface area contributed by atoms with E-state index in [-0.39, 0.29) is 10.9 Å². The predicted molar refractivity (Wildman–Crippen MR) is 59.0 cm³/mol. The fraction of sp³-hybridized carbons (Fsp3) is 0.364. The molecule has 0 radical (unpaired) electrons. The highest BCUT2D eigenvalue weighted by atomic mass is 79.9. The van der Waals surface area contributed by atoms with Crippen LogP contribution in [0.3, 0.4) is 0 Å². The SMILES string of the molecule is N#CCc1cc2c(c(Br)c1F)OCCCO2. The van der Waals surface area contributed by atoms with E-state index >= 15 is 0 Å². The average Bonchev–Trinajstić information content (AvgIpc) is 2.51. The van der Waals surface area contributed by atoms with Gasteiger partial charge in [0.1, 0.15) is 5.82 Å². The fourth-order valence-corrected chi connectivity index (χ4v) is 2.07. The van der Waals surface area contributed by atoms with Crippen molar-refractivity contribution in [3.8, 4) is 17.6 Å². The van der Waals surface area contributed by atoms with Crippen molar-refractivity contribution in [3.05, 3.63) is 21.9 Å². The molecule has 0 saturated heterocycles. The van der Waals surface area contributed by atoms with E-state index in [1.54, 1.807) is 0 Å². The van der Waals surface area contributed by atoms with E-state index < -0.39 is 5.82 Å². The molecule has 0 amide bonds. The molecule has 0 N–H and O–H groups in total. The van der Waals surface area contributed by atoms with Crippen LogP contribution in [-0.2, 0) is 6.42 Å². The number of halogens is 2. The third kappa shape index (κ3) is 1.98. The Morgan fingerprint density at radius 1 is 1.44 bits per heavy atom. The van der Waals surface area contributed by atoms with E-state index in [1.807, 2.05) is 6.07 Å².